The van der Waals surface area contributed by atoms with Crippen molar-refractivity contribution in [3.05, 3.63) is 42.4 Å². The molecule has 1 aliphatic rings. The lowest BCUT2D eigenvalue weighted by molar-refractivity contribution is -0.126. The SMILES string of the molecule is COc1ccc(OC)c(N2C[C@H](C(=O)NCc3ccco3)CC2=O)c1. The number of benzene rings is 1. The van der Waals surface area contributed by atoms with Crippen LogP contribution in [0.5, 0.6) is 11.5 Å². The van der Waals surface area contributed by atoms with Crippen LogP contribution in [0.2, 0.25) is 0 Å². The summed E-state index contributed by atoms with van der Waals surface area (Å²) in [6.45, 7) is 0.603. The van der Waals surface area contributed by atoms with Crippen LogP contribution >= 0.6 is 0 Å². The third kappa shape index (κ3) is 3.60. The molecule has 1 saturated heterocycles. The number of ether oxygens (including phenoxy) is 2. The Labute approximate surface area is 145 Å². The Kier molecular flexibility index (Phi) is 4.92. The molecule has 1 aliphatic heterocycles. The second kappa shape index (κ2) is 7.29. The van der Waals surface area contributed by atoms with Gasteiger partial charge in [0, 0.05) is 19.0 Å². The molecule has 2 heterocycles. The maximum atomic E-state index is 12.4. The number of hydrogen-bond acceptors (Lipinski definition) is 5. The van der Waals surface area contributed by atoms with Gasteiger partial charge in [-0.05, 0) is 24.3 Å². The van der Waals surface area contributed by atoms with Crippen molar-refractivity contribution in [1.82, 2.24) is 5.32 Å². The molecule has 1 N–H and O–H groups in total. The van der Waals surface area contributed by atoms with E-state index in [1.165, 1.54) is 0 Å². The van der Waals surface area contributed by atoms with Crippen molar-refractivity contribution >= 4 is 17.5 Å². The summed E-state index contributed by atoms with van der Waals surface area (Å²) in [7, 11) is 3.10. The van der Waals surface area contributed by atoms with Crippen molar-refractivity contribution in [2.75, 3.05) is 25.7 Å². The highest BCUT2D eigenvalue weighted by Crippen LogP contribution is 2.36. The van der Waals surface area contributed by atoms with Crippen molar-refractivity contribution in [1.29, 1.82) is 0 Å². The minimum atomic E-state index is -0.418. The van der Waals surface area contributed by atoms with E-state index in [4.69, 9.17) is 13.9 Å². The molecule has 1 fully saturated rings. The predicted molar refractivity (Wildman–Crippen MR) is 90.6 cm³/mol. The van der Waals surface area contributed by atoms with E-state index < -0.39 is 5.92 Å². The number of methoxy groups -OCH3 is 2. The maximum Gasteiger partial charge on any atom is 0.227 e. The first-order valence-electron chi connectivity index (χ1n) is 7.95. The van der Waals surface area contributed by atoms with E-state index in [-0.39, 0.29) is 18.2 Å². The van der Waals surface area contributed by atoms with E-state index in [1.807, 2.05) is 0 Å². The highest BCUT2D eigenvalue weighted by molar-refractivity contribution is 6.01. The summed E-state index contributed by atoms with van der Waals surface area (Å²) >= 11 is 0. The van der Waals surface area contributed by atoms with Crippen LogP contribution in [0, 0.1) is 5.92 Å². The number of amides is 2. The number of anilines is 1. The molecule has 0 radical (unpaired) electrons. The molecule has 25 heavy (non-hydrogen) atoms. The van der Waals surface area contributed by atoms with Gasteiger partial charge in [0.15, 0.2) is 0 Å². The minimum Gasteiger partial charge on any atom is -0.497 e. The minimum absolute atomic E-state index is 0.121. The summed E-state index contributed by atoms with van der Waals surface area (Å²) in [5.74, 6) is 1.14. The molecular weight excluding hydrogens is 324 g/mol. The standard InChI is InChI=1S/C18H20N2O5/c1-23-13-5-6-16(24-2)15(9-13)20-11-12(8-17(20)21)18(22)19-10-14-4-3-7-25-14/h3-7,9,12H,8,10-11H2,1-2H3,(H,19,22)/t12-/m1/s1. The Hall–Kier alpha value is -2.96. The fraction of sp³-hybridized carbons (Fsp3) is 0.333. The zero-order valence-corrected chi connectivity index (χ0v) is 14.2. The van der Waals surface area contributed by atoms with E-state index in [2.05, 4.69) is 5.32 Å². The number of carbonyl (C=O) groups excluding carboxylic acids is 2. The smallest absolute Gasteiger partial charge is 0.227 e. The second-order valence-electron chi connectivity index (χ2n) is 5.74. The van der Waals surface area contributed by atoms with Crippen molar-refractivity contribution in [3.63, 3.8) is 0 Å². The van der Waals surface area contributed by atoms with Gasteiger partial charge in [-0.3, -0.25) is 9.59 Å². The zero-order chi connectivity index (χ0) is 17.8. The van der Waals surface area contributed by atoms with Crippen LogP contribution in [-0.4, -0.2) is 32.6 Å². The van der Waals surface area contributed by atoms with Gasteiger partial charge in [0.1, 0.15) is 17.3 Å². The molecule has 0 saturated carbocycles. The lowest BCUT2D eigenvalue weighted by Crippen LogP contribution is -2.32. The molecule has 132 valence electrons. The molecule has 0 aliphatic carbocycles. The highest BCUT2D eigenvalue weighted by atomic mass is 16.5. The van der Waals surface area contributed by atoms with Gasteiger partial charge in [0.2, 0.25) is 11.8 Å². The van der Waals surface area contributed by atoms with Crippen molar-refractivity contribution in [3.8, 4) is 11.5 Å². The summed E-state index contributed by atoms with van der Waals surface area (Å²) in [4.78, 5) is 26.3. The molecule has 0 unspecified atom stereocenters. The number of hydrogen-bond donors (Lipinski definition) is 1. The first-order valence-corrected chi connectivity index (χ1v) is 7.95. The Bertz CT molecular complexity index is 757. The van der Waals surface area contributed by atoms with Crippen LogP contribution in [0.15, 0.2) is 41.0 Å². The van der Waals surface area contributed by atoms with Gasteiger partial charge < -0.3 is 24.1 Å². The van der Waals surface area contributed by atoms with Gasteiger partial charge in [-0.1, -0.05) is 0 Å². The maximum absolute atomic E-state index is 12.4. The van der Waals surface area contributed by atoms with Crippen LogP contribution in [0.4, 0.5) is 5.69 Å². The quantitative estimate of drug-likeness (QED) is 0.866. The topological polar surface area (TPSA) is 81.0 Å². The predicted octanol–water partition coefficient (Wildman–Crippen LogP) is 1.97. The van der Waals surface area contributed by atoms with Crippen LogP contribution in [0.1, 0.15) is 12.2 Å². The molecule has 1 atom stereocenters. The fourth-order valence-electron chi connectivity index (χ4n) is 2.86. The molecule has 1 aromatic carbocycles. The molecule has 0 bridgehead atoms. The van der Waals surface area contributed by atoms with Crippen LogP contribution in [0.25, 0.3) is 0 Å². The van der Waals surface area contributed by atoms with Gasteiger partial charge in [-0.2, -0.15) is 0 Å². The molecular formula is C18H20N2O5. The van der Waals surface area contributed by atoms with Gasteiger partial charge in [0.25, 0.3) is 0 Å². The average Bonchev–Trinajstić information content (AvgIpc) is 3.28. The summed E-state index contributed by atoms with van der Waals surface area (Å²) in [5.41, 5.74) is 0.605. The molecule has 3 rings (SSSR count). The van der Waals surface area contributed by atoms with E-state index >= 15 is 0 Å². The van der Waals surface area contributed by atoms with Crippen molar-refractivity contribution in [2.24, 2.45) is 5.92 Å². The highest BCUT2D eigenvalue weighted by Gasteiger charge is 2.36. The average molecular weight is 344 g/mol. The molecule has 2 amide bonds. The lowest BCUT2D eigenvalue weighted by Gasteiger charge is -2.20. The molecule has 7 nitrogen and oxygen atoms in total. The van der Waals surface area contributed by atoms with E-state index in [0.717, 1.165) is 0 Å². The largest absolute Gasteiger partial charge is 0.497 e. The van der Waals surface area contributed by atoms with Crippen LogP contribution in [-0.2, 0) is 16.1 Å². The third-order valence-electron chi connectivity index (χ3n) is 4.19. The van der Waals surface area contributed by atoms with E-state index in [0.29, 0.717) is 36.0 Å². The number of carbonyl (C=O) groups is 2. The Balaban J connectivity index is 1.71. The van der Waals surface area contributed by atoms with Gasteiger partial charge in [-0.25, -0.2) is 0 Å². The van der Waals surface area contributed by atoms with Crippen LogP contribution < -0.4 is 19.7 Å². The zero-order valence-electron chi connectivity index (χ0n) is 14.2. The molecule has 0 spiro atoms. The lowest BCUT2D eigenvalue weighted by atomic mass is 10.1. The fourth-order valence-corrected chi connectivity index (χ4v) is 2.86. The summed E-state index contributed by atoms with van der Waals surface area (Å²) < 4.78 is 15.7. The van der Waals surface area contributed by atoms with Gasteiger partial charge in [-0.15, -0.1) is 0 Å². The Morgan fingerprint density at radius 3 is 2.84 bits per heavy atom. The normalized spacial score (nSPS) is 16.8. The van der Waals surface area contributed by atoms with Crippen molar-refractivity contribution in [2.45, 2.75) is 13.0 Å². The monoisotopic (exact) mass is 344 g/mol. The van der Waals surface area contributed by atoms with E-state index in [1.54, 1.807) is 55.7 Å². The molecule has 1 aromatic heterocycles. The van der Waals surface area contributed by atoms with Crippen LogP contribution in [0.3, 0.4) is 0 Å². The summed E-state index contributed by atoms with van der Waals surface area (Å²) in [6, 6.07) is 8.78. The van der Waals surface area contributed by atoms with Gasteiger partial charge in [0.05, 0.1) is 38.6 Å². The van der Waals surface area contributed by atoms with Gasteiger partial charge >= 0.3 is 0 Å². The van der Waals surface area contributed by atoms with Crippen molar-refractivity contribution < 1.29 is 23.5 Å². The summed E-state index contributed by atoms with van der Waals surface area (Å²) in [6.07, 6.45) is 1.71. The Morgan fingerprint density at radius 1 is 1.32 bits per heavy atom. The summed E-state index contributed by atoms with van der Waals surface area (Å²) in [5, 5.41) is 2.80. The first kappa shape index (κ1) is 16.9. The number of nitrogens with one attached hydrogen (secondary N) is 1. The molecule has 2 aromatic rings. The Morgan fingerprint density at radius 2 is 2.16 bits per heavy atom. The number of rotatable bonds is 6. The van der Waals surface area contributed by atoms with E-state index in [9.17, 15) is 9.59 Å². The third-order valence-corrected chi connectivity index (χ3v) is 4.19. The number of nitrogens with zero attached hydrogens (tertiary/aromatic N) is 1. The first-order chi connectivity index (χ1) is 12.1. The second-order valence-corrected chi connectivity index (χ2v) is 5.74. The number of furan rings is 1. The molecule has 7 heteroatoms.